The molecule has 92 valence electrons. The van der Waals surface area contributed by atoms with E-state index in [9.17, 15) is 0 Å². The summed E-state index contributed by atoms with van der Waals surface area (Å²) in [5, 5.41) is 0. The molecule has 0 nitrogen and oxygen atoms in total. The van der Waals surface area contributed by atoms with Gasteiger partial charge in [-0.15, -0.1) is 0 Å². The molecule has 4 rings (SSSR count). The minimum atomic E-state index is 0.564. The van der Waals surface area contributed by atoms with E-state index in [1.54, 1.807) is 0 Å². The monoisotopic (exact) mass is 228 g/mol. The quantitative estimate of drug-likeness (QED) is 0.613. The van der Waals surface area contributed by atoms with Crippen LogP contribution in [0, 0.1) is 40.9 Å². The minimum absolute atomic E-state index is 0.564. The normalized spacial score (nSPS) is 50.7. The zero-order valence-electron chi connectivity index (χ0n) is 11.1. The Hall–Kier alpha value is -0.520. The fraction of sp³-hybridized carbons (Fsp3) is 0.765. The Kier molecular flexibility index (Phi) is 2.00. The van der Waals surface area contributed by atoms with Crippen molar-refractivity contribution >= 4 is 0 Å². The first-order valence-corrected chi connectivity index (χ1v) is 7.51. The lowest BCUT2D eigenvalue weighted by Gasteiger charge is -2.43. The minimum Gasteiger partial charge on any atom is -0.0851 e. The maximum Gasteiger partial charge on any atom is -0.0194 e. The summed E-state index contributed by atoms with van der Waals surface area (Å²) in [5.74, 6) is 5.62. The van der Waals surface area contributed by atoms with Gasteiger partial charge < -0.3 is 0 Å². The molecule has 2 fully saturated rings. The first-order valence-electron chi connectivity index (χ1n) is 7.51. The van der Waals surface area contributed by atoms with E-state index in [-0.39, 0.29) is 0 Å². The fourth-order valence-electron chi connectivity index (χ4n) is 5.55. The largest absolute Gasteiger partial charge is 0.0851 e. The Morgan fingerprint density at radius 1 is 0.706 bits per heavy atom. The molecule has 0 heterocycles. The van der Waals surface area contributed by atoms with E-state index in [0.717, 1.165) is 35.5 Å². The van der Waals surface area contributed by atoms with Crippen LogP contribution in [-0.4, -0.2) is 0 Å². The second-order valence-electron chi connectivity index (χ2n) is 7.59. The molecule has 17 heavy (non-hydrogen) atoms. The van der Waals surface area contributed by atoms with E-state index in [1.807, 2.05) is 0 Å². The second-order valence-corrected chi connectivity index (χ2v) is 7.59. The van der Waals surface area contributed by atoms with Crippen LogP contribution in [-0.2, 0) is 0 Å². The Morgan fingerprint density at radius 3 is 1.47 bits per heavy atom. The molecule has 0 aromatic carbocycles. The SMILES string of the molecule is CC(C)(C1CC2C=CC1C2)C1CC2C=CC1C2. The van der Waals surface area contributed by atoms with E-state index in [2.05, 4.69) is 38.2 Å². The number of rotatable bonds is 2. The molecule has 6 unspecified atom stereocenters. The topological polar surface area (TPSA) is 0 Å². The lowest BCUT2D eigenvalue weighted by molar-refractivity contribution is 0.0762. The molecule has 4 aliphatic carbocycles. The van der Waals surface area contributed by atoms with Gasteiger partial charge in [-0.25, -0.2) is 0 Å². The molecule has 0 radical (unpaired) electrons. The zero-order valence-corrected chi connectivity index (χ0v) is 11.1. The lowest BCUT2D eigenvalue weighted by atomic mass is 9.61. The summed E-state index contributed by atoms with van der Waals surface area (Å²) >= 11 is 0. The van der Waals surface area contributed by atoms with Gasteiger partial charge in [-0.3, -0.25) is 0 Å². The predicted octanol–water partition coefficient (Wildman–Crippen LogP) is 4.44. The van der Waals surface area contributed by atoms with Crippen LogP contribution in [0.15, 0.2) is 24.3 Å². The summed E-state index contributed by atoms with van der Waals surface area (Å²) < 4.78 is 0. The Morgan fingerprint density at radius 2 is 1.18 bits per heavy atom. The highest BCUT2D eigenvalue weighted by atomic mass is 14.6. The van der Waals surface area contributed by atoms with Crippen LogP contribution in [0.5, 0.6) is 0 Å². The third-order valence-corrected chi connectivity index (χ3v) is 6.47. The molecular formula is C17H24. The first kappa shape index (κ1) is 10.4. The van der Waals surface area contributed by atoms with Gasteiger partial charge in [-0.2, -0.15) is 0 Å². The Labute approximate surface area is 105 Å². The van der Waals surface area contributed by atoms with E-state index < -0.39 is 0 Å². The van der Waals surface area contributed by atoms with Crippen molar-refractivity contribution in [1.29, 1.82) is 0 Å². The zero-order chi connectivity index (χ0) is 11.6. The highest BCUT2D eigenvalue weighted by Gasteiger charge is 2.51. The number of allylic oxidation sites excluding steroid dienone is 4. The molecule has 0 aromatic heterocycles. The van der Waals surface area contributed by atoms with Crippen molar-refractivity contribution in [2.24, 2.45) is 40.9 Å². The van der Waals surface area contributed by atoms with Gasteiger partial charge in [0, 0.05) is 0 Å². The average Bonchev–Trinajstić information content (AvgIpc) is 3.07. The van der Waals surface area contributed by atoms with Gasteiger partial charge in [0.05, 0.1) is 0 Å². The molecule has 6 atom stereocenters. The van der Waals surface area contributed by atoms with Crippen molar-refractivity contribution in [1.82, 2.24) is 0 Å². The molecule has 0 heteroatoms. The van der Waals surface area contributed by atoms with Crippen molar-refractivity contribution in [3.05, 3.63) is 24.3 Å². The van der Waals surface area contributed by atoms with Crippen LogP contribution in [0.1, 0.15) is 39.5 Å². The fourth-order valence-corrected chi connectivity index (χ4v) is 5.55. The molecule has 0 saturated heterocycles. The third-order valence-electron chi connectivity index (χ3n) is 6.47. The van der Waals surface area contributed by atoms with Gasteiger partial charge in [-0.1, -0.05) is 38.2 Å². The maximum atomic E-state index is 2.57. The van der Waals surface area contributed by atoms with Gasteiger partial charge in [0.2, 0.25) is 0 Å². The number of hydrogen-bond acceptors (Lipinski definition) is 0. The summed E-state index contributed by atoms with van der Waals surface area (Å²) in [5.41, 5.74) is 0.564. The van der Waals surface area contributed by atoms with Crippen LogP contribution >= 0.6 is 0 Å². The number of hydrogen-bond donors (Lipinski definition) is 0. The molecule has 4 aliphatic rings. The maximum absolute atomic E-state index is 2.57. The van der Waals surface area contributed by atoms with Crippen LogP contribution in [0.3, 0.4) is 0 Å². The second kappa shape index (κ2) is 3.28. The molecule has 4 bridgehead atoms. The van der Waals surface area contributed by atoms with Gasteiger partial charge in [0.1, 0.15) is 0 Å². The highest BCUT2D eigenvalue weighted by molar-refractivity contribution is 5.17. The molecule has 0 aromatic rings. The Bertz CT molecular complexity index is 351. The smallest absolute Gasteiger partial charge is 0.0194 e. The van der Waals surface area contributed by atoms with Crippen molar-refractivity contribution in [3.8, 4) is 0 Å². The molecule has 0 N–H and O–H groups in total. The van der Waals surface area contributed by atoms with Gasteiger partial charge in [0.15, 0.2) is 0 Å². The molecule has 0 spiro atoms. The first-order chi connectivity index (χ1) is 8.14. The van der Waals surface area contributed by atoms with Crippen molar-refractivity contribution in [2.45, 2.75) is 39.5 Å². The third kappa shape index (κ3) is 1.36. The van der Waals surface area contributed by atoms with Crippen LogP contribution in [0.25, 0.3) is 0 Å². The predicted molar refractivity (Wildman–Crippen MR) is 71.5 cm³/mol. The van der Waals surface area contributed by atoms with Crippen molar-refractivity contribution < 1.29 is 0 Å². The van der Waals surface area contributed by atoms with Crippen molar-refractivity contribution in [3.63, 3.8) is 0 Å². The van der Waals surface area contributed by atoms with E-state index in [4.69, 9.17) is 0 Å². The molecular weight excluding hydrogens is 204 g/mol. The standard InChI is InChI=1S/C17H24/c1-17(2,15-9-11-3-5-13(15)7-11)16-10-12-4-6-14(16)8-12/h3-6,11-16H,7-10H2,1-2H3. The van der Waals surface area contributed by atoms with Crippen LogP contribution < -0.4 is 0 Å². The van der Waals surface area contributed by atoms with Crippen LogP contribution in [0.2, 0.25) is 0 Å². The average molecular weight is 228 g/mol. The summed E-state index contributed by atoms with van der Waals surface area (Å²) in [6.45, 7) is 5.15. The van der Waals surface area contributed by atoms with E-state index in [1.165, 1.54) is 25.7 Å². The Balaban J connectivity index is 1.60. The summed E-state index contributed by atoms with van der Waals surface area (Å²) in [4.78, 5) is 0. The lowest BCUT2D eigenvalue weighted by Crippen LogP contribution is -2.36. The highest BCUT2D eigenvalue weighted by Crippen LogP contribution is 2.59. The van der Waals surface area contributed by atoms with Crippen molar-refractivity contribution in [2.75, 3.05) is 0 Å². The number of fused-ring (bicyclic) bond motifs is 4. The molecule has 0 aliphatic heterocycles. The van der Waals surface area contributed by atoms with E-state index >= 15 is 0 Å². The summed E-state index contributed by atoms with van der Waals surface area (Å²) in [6, 6.07) is 0. The van der Waals surface area contributed by atoms with Crippen LogP contribution in [0.4, 0.5) is 0 Å². The summed E-state index contributed by atoms with van der Waals surface area (Å²) in [6.07, 6.45) is 15.9. The van der Waals surface area contributed by atoms with E-state index in [0.29, 0.717) is 5.41 Å². The molecule has 2 saturated carbocycles. The van der Waals surface area contributed by atoms with Gasteiger partial charge >= 0.3 is 0 Å². The summed E-state index contributed by atoms with van der Waals surface area (Å²) in [7, 11) is 0. The van der Waals surface area contributed by atoms with Gasteiger partial charge in [-0.05, 0) is 66.6 Å². The van der Waals surface area contributed by atoms with Gasteiger partial charge in [0.25, 0.3) is 0 Å². The molecule has 0 amide bonds.